The molecule has 7 atom stereocenters. The Labute approximate surface area is 381 Å². The lowest BCUT2D eigenvalue weighted by Gasteiger charge is -2.43. The average molecular weight is 937 g/mol. The first-order valence-corrected chi connectivity index (χ1v) is 23.4. The molecule has 0 saturated carbocycles. The van der Waals surface area contributed by atoms with Crippen LogP contribution in [0.25, 0.3) is 10.9 Å². The number of aryl methyl sites for hydroxylation is 1. The molecule has 7 rings (SSSR count). The Balaban J connectivity index is 0.980. The second-order valence-corrected chi connectivity index (χ2v) is 18.8. The fourth-order valence-corrected chi connectivity index (χ4v) is 10.3. The minimum atomic E-state index is -2.15. The van der Waals surface area contributed by atoms with Gasteiger partial charge >= 0.3 is 11.9 Å². The third kappa shape index (κ3) is 9.77. The molecule has 0 bridgehead atoms. The number of phenols is 2. The van der Waals surface area contributed by atoms with Crippen LogP contribution in [-0.2, 0) is 48.4 Å². The van der Waals surface area contributed by atoms with Crippen molar-refractivity contribution in [3.63, 3.8) is 0 Å². The molecule has 0 amide bonds. The lowest BCUT2D eigenvalue weighted by Crippen LogP contribution is -2.53. The number of methoxy groups -OCH3 is 1. The van der Waals surface area contributed by atoms with E-state index in [0.29, 0.717) is 17.9 Å². The summed E-state index contributed by atoms with van der Waals surface area (Å²) in [6, 6.07) is 10.6. The molecule has 2 heterocycles. The maximum atomic E-state index is 14.0. The SMILES string of the molecule is COc1cccc2c1C(=O)c1c(O)c3c(c(O)c1C2=O)C[C@@](O)(C(CO)=NCC(=O)OCCSSCCOC(=O)[C@H](N)Cc1cn(C)c2ccccc12)C[C@@H]3OC1CC(N)C(O)C(C)O1. The molecule has 20 heteroatoms. The number of ketones is 2. The number of aromatic nitrogens is 1. The van der Waals surface area contributed by atoms with Gasteiger partial charge in [0.15, 0.2) is 12.1 Å². The third-order valence-electron chi connectivity index (χ3n) is 11.9. The Morgan fingerprint density at radius 2 is 1.72 bits per heavy atom. The molecule has 3 aromatic carbocycles. The van der Waals surface area contributed by atoms with Gasteiger partial charge in [-0.3, -0.25) is 24.2 Å². The summed E-state index contributed by atoms with van der Waals surface area (Å²) in [7, 11) is 6.06. The van der Waals surface area contributed by atoms with E-state index >= 15 is 0 Å². The Hall–Kier alpha value is -5.03. The zero-order valence-electron chi connectivity index (χ0n) is 35.9. The number of nitrogens with zero attached hydrogens (tertiary/aromatic N) is 2. The van der Waals surface area contributed by atoms with Crippen molar-refractivity contribution >= 4 is 61.7 Å². The van der Waals surface area contributed by atoms with E-state index in [1.165, 1.54) is 46.9 Å². The molecule has 1 aliphatic heterocycles. The summed E-state index contributed by atoms with van der Waals surface area (Å²) in [4.78, 5) is 57.5. The summed E-state index contributed by atoms with van der Waals surface area (Å²) < 4.78 is 30.2. The fraction of sp³-hybridized carbons (Fsp3) is 0.444. The number of hydrogen-bond acceptors (Lipinski definition) is 19. The van der Waals surface area contributed by atoms with Crippen LogP contribution >= 0.6 is 21.6 Å². The Morgan fingerprint density at radius 1 is 1.02 bits per heavy atom. The van der Waals surface area contributed by atoms with Gasteiger partial charge in [-0.1, -0.05) is 51.9 Å². The van der Waals surface area contributed by atoms with Gasteiger partial charge in [-0.15, -0.1) is 0 Å². The number of phenolic OH excluding ortho intramolecular Hbond substituents is 2. The lowest BCUT2D eigenvalue weighted by molar-refractivity contribution is -0.245. The summed E-state index contributed by atoms with van der Waals surface area (Å²) in [6.07, 6.45) is -2.99. The molecule has 1 fully saturated rings. The summed E-state index contributed by atoms with van der Waals surface area (Å²) >= 11 is 0. The van der Waals surface area contributed by atoms with Crippen LogP contribution in [0.3, 0.4) is 0 Å². The standard InChI is InChI=1S/C45H52N4O14S2/c1-22-39(52)27(46)16-34(62-22)63-31-18-45(58,17-26-36(31)43(56)38-37(41(26)54)40(53)25-8-6-10-30(59-3)35(25)42(38)55)32(21-50)48-19-33(51)60-11-13-64-65-14-12-61-44(57)28(47)15-23-20-49(2)29-9-5-4-7-24(23)29/h4-10,20,22,27-28,31,34,39,50,52,54,56,58H,11-19,21,46-47H2,1-3H3/t22?,27?,28-,31+,34?,39?,45+/m1/s1. The van der Waals surface area contributed by atoms with Crippen molar-refractivity contribution in [2.75, 3.05) is 45.0 Å². The fourth-order valence-electron chi connectivity index (χ4n) is 8.66. The highest BCUT2D eigenvalue weighted by Gasteiger charge is 2.49. The molecule has 1 saturated heterocycles. The number of rotatable bonds is 17. The van der Waals surface area contributed by atoms with E-state index in [0.717, 1.165) is 16.5 Å². The number of aromatic hydroxyl groups is 2. The molecule has 9 N–H and O–H groups in total. The van der Waals surface area contributed by atoms with Crippen LogP contribution in [0.15, 0.2) is 53.7 Å². The summed E-state index contributed by atoms with van der Waals surface area (Å²) in [5.74, 6) is -3.31. The highest BCUT2D eigenvalue weighted by molar-refractivity contribution is 8.76. The van der Waals surface area contributed by atoms with Gasteiger partial charge in [0, 0.05) is 84.1 Å². The van der Waals surface area contributed by atoms with Crippen LogP contribution in [-0.4, -0.2) is 140 Å². The topological polar surface area (TPSA) is 285 Å². The van der Waals surface area contributed by atoms with Crippen molar-refractivity contribution in [2.45, 2.75) is 74.9 Å². The van der Waals surface area contributed by atoms with E-state index in [-0.39, 0.29) is 53.3 Å². The Morgan fingerprint density at radius 3 is 2.43 bits per heavy atom. The molecule has 65 heavy (non-hydrogen) atoms. The first-order chi connectivity index (χ1) is 31.1. The van der Waals surface area contributed by atoms with Crippen molar-refractivity contribution in [1.82, 2.24) is 4.57 Å². The quantitative estimate of drug-likeness (QED) is 0.0232. The van der Waals surface area contributed by atoms with Gasteiger partial charge in [-0.25, -0.2) is 0 Å². The molecule has 4 unspecified atom stereocenters. The monoisotopic (exact) mass is 936 g/mol. The average Bonchev–Trinajstić information content (AvgIpc) is 3.60. The van der Waals surface area contributed by atoms with E-state index in [9.17, 15) is 44.7 Å². The van der Waals surface area contributed by atoms with Gasteiger partial charge in [-0.05, 0) is 24.6 Å². The van der Waals surface area contributed by atoms with Crippen LogP contribution in [0.5, 0.6) is 17.2 Å². The van der Waals surface area contributed by atoms with Crippen molar-refractivity contribution in [1.29, 1.82) is 0 Å². The first kappa shape index (κ1) is 47.9. The van der Waals surface area contributed by atoms with Crippen molar-refractivity contribution < 1.29 is 68.4 Å². The van der Waals surface area contributed by atoms with Crippen molar-refractivity contribution in [3.8, 4) is 17.2 Å². The predicted octanol–water partition coefficient (Wildman–Crippen LogP) is 2.40. The van der Waals surface area contributed by atoms with Gasteiger partial charge in [0.05, 0.1) is 54.4 Å². The molecule has 18 nitrogen and oxygen atoms in total. The third-order valence-corrected chi connectivity index (χ3v) is 14.2. The second kappa shape index (κ2) is 20.2. The van der Waals surface area contributed by atoms with E-state index in [1.807, 2.05) is 42.1 Å². The highest BCUT2D eigenvalue weighted by Crippen LogP contribution is 2.52. The number of carbonyl (C=O) groups is 4. The smallest absolute Gasteiger partial charge is 0.327 e. The summed E-state index contributed by atoms with van der Waals surface area (Å²) in [5.41, 5.74) is 10.4. The molecule has 0 radical (unpaired) electrons. The van der Waals surface area contributed by atoms with E-state index in [1.54, 1.807) is 6.92 Å². The number of esters is 2. The predicted molar refractivity (Wildman–Crippen MR) is 240 cm³/mol. The van der Waals surface area contributed by atoms with Gasteiger partial charge in [0.25, 0.3) is 0 Å². The van der Waals surface area contributed by atoms with Crippen molar-refractivity contribution in [3.05, 3.63) is 87.6 Å². The van der Waals surface area contributed by atoms with Gasteiger partial charge in [-0.2, -0.15) is 0 Å². The largest absolute Gasteiger partial charge is 0.507 e. The number of benzene rings is 3. The molecule has 4 aromatic rings. The highest BCUT2D eigenvalue weighted by atomic mass is 33.1. The molecular formula is C45H52N4O14S2. The number of carbonyl (C=O) groups excluding carboxylic acids is 4. The van der Waals surface area contributed by atoms with Crippen molar-refractivity contribution in [2.24, 2.45) is 23.5 Å². The minimum Gasteiger partial charge on any atom is -0.507 e. The molecule has 348 valence electrons. The maximum absolute atomic E-state index is 14.0. The minimum absolute atomic E-state index is 0.000383. The van der Waals surface area contributed by atoms with Crippen LogP contribution in [0, 0.1) is 0 Å². The van der Waals surface area contributed by atoms with E-state index < -0.39 is 114 Å². The number of aliphatic imine (C=N–C) groups is 1. The number of aliphatic hydroxyl groups is 3. The zero-order valence-corrected chi connectivity index (χ0v) is 37.6. The van der Waals surface area contributed by atoms with Gasteiger partial charge in [0.1, 0.15) is 48.6 Å². The molecule has 3 aliphatic rings. The van der Waals surface area contributed by atoms with Crippen LogP contribution in [0.4, 0.5) is 0 Å². The Kier molecular flexibility index (Phi) is 14.9. The number of nitrogens with two attached hydrogens (primary N) is 2. The van der Waals surface area contributed by atoms with Crippen LogP contribution < -0.4 is 16.2 Å². The summed E-state index contributed by atoms with van der Waals surface area (Å²) in [6.45, 7) is 0.261. The lowest BCUT2D eigenvalue weighted by atomic mass is 9.71. The van der Waals surface area contributed by atoms with E-state index in [4.69, 9.17) is 35.2 Å². The maximum Gasteiger partial charge on any atom is 0.327 e. The number of aliphatic hydroxyl groups excluding tert-OH is 2. The van der Waals surface area contributed by atoms with Gasteiger partial charge < -0.3 is 65.3 Å². The number of fused-ring (bicyclic) bond motifs is 4. The number of ether oxygens (including phenoxy) is 5. The van der Waals surface area contributed by atoms with Crippen LogP contribution in [0.1, 0.15) is 74.4 Å². The Bertz CT molecular complexity index is 2500. The van der Waals surface area contributed by atoms with E-state index in [2.05, 4.69) is 4.99 Å². The molecule has 1 aromatic heterocycles. The normalized spacial score (nSPS) is 23.4. The summed E-state index contributed by atoms with van der Waals surface area (Å²) in [5, 5.41) is 57.9. The van der Waals surface area contributed by atoms with Crippen LogP contribution in [0.2, 0.25) is 0 Å². The van der Waals surface area contributed by atoms with Gasteiger partial charge in [0.2, 0.25) is 5.78 Å². The number of hydrogen-bond donors (Lipinski definition) is 7. The molecule has 0 spiro atoms. The number of para-hydroxylation sites is 1. The second-order valence-electron chi connectivity index (χ2n) is 16.1. The molecular weight excluding hydrogens is 885 g/mol. The first-order valence-electron chi connectivity index (χ1n) is 20.9. The molecule has 2 aliphatic carbocycles. The zero-order chi connectivity index (χ0) is 46.7.